The van der Waals surface area contributed by atoms with E-state index in [2.05, 4.69) is 15.5 Å². The fraction of sp³-hybridized carbons (Fsp3) is 0.568. The predicted molar refractivity (Wildman–Crippen MR) is 191 cm³/mol. The second-order valence-corrected chi connectivity index (χ2v) is 17.4. The number of nitrogens with zero attached hydrogens (tertiary/aromatic N) is 1. The first-order valence-electron chi connectivity index (χ1n) is 17.6. The third-order valence-electron chi connectivity index (χ3n) is 11.1. The number of anilines is 1. The van der Waals surface area contributed by atoms with Crippen LogP contribution in [0.1, 0.15) is 70.8 Å². The molecule has 1 heterocycles. The molecule has 0 spiro atoms. The monoisotopic (exact) mass is 745 g/mol. The molecule has 5 unspecified atom stereocenters. The molecule has 4 aliphatic rings. The summed E-state index contributed by atoms with van der Waals surface area (Å²) in [5, 5.41) is 5.11. The molecule has 3 aliphatic carbocycles. The molecule has 3 saturated carbocycles. The Kier molecular flexibility index (Phi) is 11.0. The third kappa shape index (κ3) is 7.76. The molecule has 2 N–H and O–H groups in total. The maximum atomic E-state index is 14.5. The number of morpholine rings is 1. The number of hydrogen-bond donors (Lipinski definition) is 2. The molecule has 6 rings (SSSR count). The number of sulfone groups is 1. The van der Waals surface area contributed by atoms with Gasteiger partial charge in [-0.3, -0.25) is 19.2 Å². The summed E-state index contributed by atoms with van der Waals surface area (Å²) < 4.78 is 34.3. The van der Waals surface area contributed by atoms with Gasteiger partial charge in [-0.1, -0.05) is 49.2 Å². The van der Waals surface area contributed by atoms with Crippen molar-refractivity contribution >= 4 is 62.1 Å². The second kappa shape index (κ2) is 14.9. The van der Waals surface area contributed by atoms with Crippen molar-refractivity contribution in [1.29, 1.82) is 0 Å². The zero-order valence-electron chi connectivity index (χ0n) is 28.5. The minimum absolute atomic E-state index is 0.00212. The van der Waals surface area contributed by atoms with Crippen LogP contribution in [-0.4, -0.2) is 75.4 Å². The molecule has 1 saturated heterocycles. The highest BCUT2D eigenvalue weighted by Gasteiger charge is 2.56. The highest BCUT2D eigenvalue weighted by atomic mass is 35.5. The fourth-order valence-electron chi connectivity index (χ4n) is 7.67. The van der Waals surface area contributed by atoms with E-state index < -0.39 is 56.0 Å². The maximum Gasteiger partial charge on any atom is 0.289 e. The Hall–Kier alpha value is -2.99. The van der Waals surface area contributed by atoms with Crippen molar-refractivity contribution in [3.05, 3.63) is 58.1 Å². The van der Waals surface area contributed by atoms with Crippen molar-refractivity contribution in [1.82, 2.24) is 10.6 Å². The number of carbonyl (C=O) groups is 4. The molecule has 270 valence electrons. The summed E-state index contributed by atoms with van der Waals surface area (Å²) >= 11 is 12.8. The van der Waals surface area contributed by atoms with Crippen molar-refractivity contribution in [2.24, 2.45) is 17.8 Å². The lowest BCUT2D eigenvalue weighted by Crippen LogP contribution is -2.49. The molecular weight excluding hydrogens is 701 g/mol. The first kappa shape index (κ1) is 36.8. The summed E-state index contributed by atoms with van der Waals surface area (Å²) in [4.78, 5) is 55.5. The summed E-state index contributed by atoms with van der Waals surface area (Å²) in [6.07, 6.45) is 3.33. The van der Waals surface area contributed by atoms with Crippen LogP contribution >= 0.6 is 23.2 Å². The number of Topliss-reactive ketones (excluding diaryl/α,β-unsaturated/α-hetero) is 2. The minimum atomic E-state index is -4.04. The first-order chi connectivity index (χ1) is 23.8. The SMILES string of the molecule is CCC(NC(=O)CC1CC(S(=O)(=O)c2ccc(N3CCOCC3)cc2Cl)CC(C(=O)C2(c3ccc(Cl)cc3)CC2)C1C)C(=O)C(=O)NC1CC1. The van der Waals surface area contributed by atoms with Crippen molar-refractivity contribution in [2.45, 2.75) is 92.9 Å². The van der Waals surface area contributed by atoms with E-state index in [9.17, 15) is 27.6 Å². The highest BCUT2D eigenvalue weighted by Crippen LogP contribution is 2.54. The van der Waals surface area contributed by atoms with Gasteiger partial charge in [-0.2, -0.15) is 0 Å². The van der Waals surface area contributed by atoms with E-state index in [1.54, 1.807) is 37.3 Å². The van der Waals surface area contributed by atoms with Crippen LogP contribution in [0.25, 0.3) is 0 Å². The van der Waals surface area contributed by atoms with Crippen LogP contribution in [0.2, 0.25) is 10.0 Å². The molecule has 2 aromatic rings. The smallest absolute Gasteiger partial charge is 0.289 e. The number of amides is 2. The van der Waals surface area contributed by atoms with Gasteiger partial charge in [0.1, 0.15) is 5.78 Å². The molecule has 2 amide bonds. The van der Waals surface area contributed by atoms with Gasteiger partial charge in [0.15, 0.2) is 9.84 Å². The molecule has 13 heteroatoms. The van der Waals surface area contributed by atoms with Gasteiger partial charge in [-0.05, 0) is 92.7 Å². The summed E-state index contributed by atoms with van der Waals surface area (Å²) in [6, 6.07) is 11.2. The molecule has 4 fully saturated rings. The number of nitrogens with one attached hydrogen (secondary N) is 2. The van der Waals surface area contributed by atoms with Gasteiger partial charge >= 0.3 is 0 Å². The Morgan fingerprint density at radius 2 is 1.68 bits per heavy atom. The van der Waals surface area contributed by atoms with Gasteiger partial charge in [0, 0.05) is 42.2 Å². The van der Waals surface area contributed by atoms with E-state index in [4.69, 9.17) is 27.9 Å². The molecule has 1 aliphatic heterocycles. The zero-order valence-corrected chi connectivity index (χ0v) is 30.8. The van der Waals surface area contributed by atoms with Crippen molar-refractivity contribution in [2.75, 3.05) is 31.2 Å². The van der Waals surface area contributed by atoms with E-state index in [-0.39, 0.29) is 53.3 Å². The molecule has 0 bridgehead atoms. The molecule has 50 heavy (non-hydrogen) atoms. The number of benzene rings is 2. The van der Waals surface area contributed by atoms with E-state index >= 15 is 0 Å². The molecule has 0 aromatic heterocycles. The van der Waals surface area contributed by atoms with Crippen LogP contribution in [-0.2, 0) is 39.2 Å². The Labute approximate surface area is 303 Å². The summed E-state index contributed by atoms with van der Waals surface area (Å²) in [5.74, 6) is -3.35. The molecular formula is C37H45Cl2N3O7S. The van der Waals surface area contributed by atoms with E-state index in [0.29, 0.717) is 44.2 Å². The summed E-state index contributed by atoms with van der Waals surface area (Å²) in [5.41, 5.74) is 0.934. The van der Waals surface area contributed by atoms with Gasteiger partial charge in [0.25, 0.3) is 5.91 Å². The van der Waals surface area contributed by atoms with Gasteiger partial charge in [-0.15, -0.1) is 0 Å². The van der Waals surface area contributed by atoms with Gasteiger partial charge < -0.3 is 20.3 Å². The Bertz CT molecular complexity index is 1740. The molecule has 0 radical (unpaired) electrons. The average molecular weight is 747 g/mol. The van der Waals surface area contributed by atoms with Gasteiger partial charge in [0.2, 0.25) is 11.7 Å². The van der Waals surface area contributed by atoms with Crippen LogP contribution < -0.4 is 15.5 Å². The summed E-state index contributed by atoms with van der Waals surface area (Å²) in [6.45, 7) is 6.11. The van der Waals surface area contributed by atoms with Crippen LogP contribution in [0.15, 0.2) is 47.4 Å². The molecule has 10 nitrogen and oxygen atoms in total. The van der Waals surface area contributed by atoms with E-state index in [1.807, 2.05) is 19.1 Å². The number of hydrogen-bond acceptors (Lipinski definition) is 8. The molecule has 5 atom stereocenters. The first-order valence-corrected chi connectivity index (χ1v) is 19.9. The van der Waals surface area contributed by atoms with Crippen molar-refractivity contribution in [3.8, 4) is 0 Å². The topological polar surface area (TPSA) is 139 Å². The largest absolute Gasteiger partial charge is 0.378 e. The molecule has 2 aromatic carbocycles. The van der Waals surface area contributed by atoms with Crippen LogP contribution in [0.3, 0.4) is 0 Å². The Morgan fingerprint density at radius 1 is 1.00 bits per heavy atom. The fourth-order valence-corrected chi connectivity index (χ4v) is 10.2. The highest BCUT2D eigenvalue weighted by molar-refractivity contribution is 7.92. The van der Waals surface area contributed by atoms with Crippen molar-refractivity contribution in [3.63, 3.8) is 0 Å². The van der Waals surface area contributed by atoms with Gasteiger partial charge in [0.05, 0.1) is 39.8 Å². The van der Waals surface area contributed by atoms with Gasteiger partial charge in [-0.25, -0.2) is 8.42 Å². The summed E-state index contributed by atoms with van der Waals surface area (Å²) in [7, 11) is -4.04. The predicted octanol–water partition coefficient (Wildman–Crippen LogP) is 5.07. The Morgan fingerprint density at radius 3 is 2.28 bits per heavy atom. The number of ketones is 2. The van der Waals surface area contributed by atoms with Crippen molar-refractivity contribution < 1.29 is 32.3 Å². The zero-order chi connectivity index (χ0) is 35.8. The Balaban J connectivity index is 1.26. The number of carbonyl (C=O) groups excluding carboxylic acids is 4. The van der Waals surface area contributed by atoms with Crippen LogP contribution in [0.4, 0.5) is 5.69 Å². The maximum absolute atomic E-state index is 14.5. The third-order valence-corrected chi connectivity index (χ3v) is 14.0. The lowest BCUT2D eigenvalue weighted by molar-refractivity contribution is -0.140. The quantitative estimate of drug-likeness (QED) is 0.271. The standard InChI is InChI=1S/C37H45Cl2N3O7S/c1-3-31(34(44)36(46)40-26-8-9-26)41-33(43)19-23-18-28(50(47,48)32-11-10-27(20-30(32)39)42-14-16-49-17-15-42)21-29(22(23)2)35(45)37(12-13-37)24-4-6-25(38)7-5-24/h4-7,10-11,20,22-23,26,28-29,31H,3,8-9,12-19,21H2,1-2H3,(H,40,46)(H,41,43). The normalized spacial score (nSPS) is 25.3. The van der Waals surface area contributed by atoms with Crippen LogP contribution in [0, 0.1) is 17.8 Å². The lowest BCUT2D eigenvalue weighted by atomic mass is 9.66. The van der Waals surface area contributed by atoms with E-state index in [1.165, 1.54) is 0 Å². The van der Waals surface area contributed by atoms with Crippen LogP contribution in [0.5, 0.6) is 0 Å². The number of halogens is 2. The lowest BCUT2D eigenvalue weighted by Gasteiger charge is -2.41. The number of rotatable bonds is 13. The minimum Gasteiger partial charge on any atom is -0.378 e. The number of ether oxygens (including phenoxy) is 1. The second-order valence-electron chi connectivity index (χ2n) is 14.4. The average Bonchev–Trinajstić information content (AvgIpc) is 4.05. The van der Waals surface area contributed by atoms with E-state index in [0.717, 1.165) is 24.1 Å².